The van der Waals surface area contributed by atoms with Crippen LogP contribution in [0.2, 0.25) is 0 Å². The van der Waals surface area contributed by atoms with Gasteiger partial charge in [0.05, 0.1) is 7.11 Å². The highest BCUT2D eigenvalue weighted by Crippen LogP contribution is 2.28. The van der Waals surface area contributed by atoms with Gasteiger partial charge in [-0.3, -0.25) is 4.79 Å². The van der Waals surface area contributed by atoms with Gasteiger partial charge in [0.1, 0.15) is 42.5 Å². The molecule has 6 atom stereocenters. The molecule has 1 fully saturated rings. The Morgan fingerprint density at radius 1 is 1.06 bits per heavy atom. The Labute approximate surface area is 188 Å². The number of methoxy groups -OCH3 is 1. The quantitative estimate of drug-likeness (QED) is 0.499. The lowest BCUT2D eigenvalue weighted by atomic mass is 9.99. The van der Waals surface area contributed by atoms with Crippen LogP contribution in [0.3, 0.4) is 0 Å². The molecule has 0 saturated carbocycles. The van der Waals surface area contributed by atoms with E-state index < -0.39 is 43.1 Å². The third-order valence-corrected chi connectivity index (χ3v) is 5.22. The minimum atomic E-state index is -1.56. The largest absolute Gasteiger partial charge is 0.497 e. The van der Waals surface area contributed by atoms with E-state index in [0.29, 0.717) is 12.2 Å². The molecule has 8 heteroatoms. The molecule has 1 aliphatic rings. The van der Waals surface area contributed by atoms with Crippen LogP contribution < -0.4 is 9.47 Å². The van der Waals surface area contributed by atoms with E-state index in [4.69, 9.17) is 20.3 Å². The van der Waals surface area contributed by atoms with Crippen molar-refractivity contribution in [1.82, 2.24) is 0 Å². The first-order valence-corrected chi connectivity index (χ1v) is 10.4. The Kier molecular flexibility index (Phi) is 7.95. The molecule has 0 aliphatic carbocycles. The minimum Gasteiger partial charge on any atom is -0.497 e. The van der Waals surface area contributed by atoms with Gasteiger partial charge in [-0.05, 0) is 35.7 Å². The molecule has 0 amide bonds. The first kappa shape index (κ1) is 22.5. The van der Waals surface area contributed by atoms with Gasteiger partial charge in [-0.1, -0.05) is 37.3 Å². The van der Waals surface area contributed by atoms with Crippen molar-refractivity contribution in [3.05, 3.63) is 59.7 Å². The van der Waals surface area contributed by atoms with Crippen LogP contribution in [0.25, 0.3) is 0 Å². The van der Waals surface area contributed by atoms with Crippen LogP contribution >= 0.6 is 0 Å². The Hall–Kier alpha value is -2.65. The van der Waals surface area contributed by atoms with Crippen LogP contribution in [0.1, 0.15) is 32.2 Å². The van der Waals surface area contributed by atoms with E-state index in [1.54, 1.807) is 26.2 Å². The fraction of sp³-hybridized carbons (Fsp3) is 0.458. The Morgan fingerprint density at radius 3 is 2.47 bits per heavy atom. The third-order valence-electron chi connectivity index (χ3n) is 5.22. The summed E-state index contributed by atoms with van der Waals surface area (Å²) in [7, 11) is 1.60. The zero-order valence-electron chi connectivity index (χ0n) is 19.1. The summed E-state index contributed by atoms with van der Waals surface area (Å²) in [6, 6.07) is 14.8. The molecular weight excluding hydrogens is 416 g/mol. The van der Waals surface area contributed by atoms with Crippen LogP contribution in [-0.4, -0.2) is 65.7 Å². The number of benzene rings is 2. The minimum absolute atomic E-state index is 0.105. The van der Waals surface area contributed by atoms with Crippen LogP contribution in [0.15, 0.2) is 48.5 Å². The standard InChI is InChI=1S/C24H30O8/c1-3-6-20(25)30-14-19-21(26)22(27)23(28)24(32-19)31-18-8-5-4-7-16(18)13-15-9-11-17(29-2)12-10-15/h4-5,7-12,19,21-24,26-28H,3,6,13-14H2,1-2H3/t19-,21-,22+,23-,24?/m1/s1/i3D/t3?,19-,21-,22+,23-,24?. The van der Waals surface area contributed by atoms with Crippen molar-refractivity contribution in [2.75, 3.05) is 13.7 Å². The highest BCUT2D eigenvalue weighted by molar-refractivity contribution is 5.69. The topological polar surface area (TPSA) is 115 Å². The van der Waals surface area contributed by atoms with Crippen LogP contribution in [0.5, 0.6) is 11.5 Å². The molecule has 0 spiro atoms. The number of para-hydroxylation sites is 1. The number of carbonyl (C=O) groups is 1. The summed E-state index contributed by atoms with van der Waals surface area (Å²) in [5.74, 6) is 0.578. The molecule has 8 nitrogen and oxygen atoms in total. The van der Waals surface area contributed by atoms with Gasteiger partial charge in [0, 0.05) is 14.2 Å². The van der Waals surface area contributed by atoms with Crippen molar-refractivity contribution in [1.29, 1.82) is 0 Å². The number of rotatable bonds is 9. The smallest absolute Gasteiger partial charge is 0.305 e. The van der Waals surface area contributed by atoms with Gasteiger partial charge in [-0.2, -0.15) is 0 Å². The molecule has 3 rings (SSSR count). The van der Waals surface area contributed by atoms with Gasteiger partial charge in [-0.15, -0.1) is 0 Å². The lowest BCUT2D eigenvalue weighted by Gasteiger charge is -2.40. The maximum absolute atomic E-state index is 11.7. The van der Waals surface area contributed by atoms with Crippen molar-refractivity contribution in [3.8, 4) is 11.5 Å². The zero-order valence-corrected chi connectivity index (χ0v) is 18.1. The molecule has 1 heterocycles. The lowest BCUT2D eigenvalue weighted by molar-refractivity contribution is -0.278. The third kappa shape index (κ3) is 5.98. The molecule has 0 bridgehead atoms. The van der Waals surface area contributed by atoms with E-state index in [1.807, 2.05) is 36.4 Å². The van der Waals surface area contributed by atoms with E-state index in [-0.39, 0.29) is 13.0 Å². The van der Waals surface area contributed by atoms with Gasteiger partial charge in [0.2, 0.25) is 6.29 Å². The second-order valence-electron chi connectivity index (χ2n) is 7.56. The Bertz CT molecular complexity index is 904. The summed E-state index contributed by atoms with van der Waals surface area (Å²) < 4.78 is 29.2. The number of aliphatic hydroxyl groups excluding tert-OH is 3. The van der Waals surface area contributed by atoms with Crippen LogP contribution in [0.4, 0.5) is 0 Å². The second kappa shape index (κ2) is 11.3. The predicted octanol–water partition coefficient (Wildman–Crippen LogP) is 1.82. The monoisotopic (exact) mass is 447 g/mol. The lowest BCUT2D eigenvalue weighted by Crippen LogP contribution is -2.60. The van der Waals surface area contributed by atoms with E-state index >= 15 is 0 Å². The average Bonchev–Trinajstić information content (AvgIpc) is 2.80. The predicted molar refractivity (Wildman–Crippen MR) is 115 cm³/mol. The van der Waals surface area contributed by atoms with Gasteiger partial charge >= 0.3 is 5.97 Å². The molecule has 2 unspecified atom stereocenters. The summed E-state index contributed by atoms with van der Waals surface area (Å²) in [6.07, 6.45) is -7.14. The highest BCUT2D eigenvalue weighted by Gasteiger charge is 2.45. The molecule has 32 heavy (non-hydrogen) atoms. The summed E-state index contributed by atoms with van der Waals surface area (Å²) in [5, 5.41) is 31.0. The normalized spacial score (nSPS) is 26.7. The number of ether oxygens (including phenoxy) is 4. The van der Waals surface area contributed by atoms with Crippen LogP contribution in [-0.2, 0) is 20.7 Å². The van der Waals surface area contributed by atoms with Crippen molar-refractivity contribution >= 4 is 5.97 Å². The van der Waals surface area contributed by atoms with Crippen LogP contribution in [0, 0.1) is 0 Å². The number of hydrogen-bond donors (Lipinski definition) is 3. The Balaban J connectivity index is 1.70. The van der Waals surface area contributed by atoms with Crippen molar-refractivity contribution in [3.63, 3.8) is 0 Å². The van der Waals surface area contributed by atoms with Gasteiger partial charge in [0.15, 0.2) is 0 Å². The Morgan fingerprint density at radius 2 is 1.78 bits per heavy atom. The number of hydrogen-bond acceptors (Lipinski definition) is 8. The van der Waals surface area contributed by atoms with Gasteiger partial charge < -0.3 is 34.3 Å². The molecule has 2 aromatic carbocycles. The molecule has 0 radical (unpaired) electrons. The SMILES string of the molecule is [2H]C(C)CC(=O)OC[C@H]1OC(Oc2ccccc2Cc2ccc(OC)cc2)[C@H](O)[C@@H](O)[C@@H]1O. The number of carbonyl (C=O) groups excluding carboxylic acids is 1. The first-order chi connectivity index (χ1) is 15.8. The molecular formula is C24H30O8. The average molecular weight is 448 g/mol. The summed E-state index contributed by atoms with van der Waals surface area (Å²) in [4.78, 5) is 11.7. The second-order valence-corrected chi connectivity index (χ2v) is 7.56. The highest BCUT2D eigenvalue weighted by atomic mass is 16.7. The van der Waals surface area contributed by atoms with E-state index in [1.165, 1.54) is 0 Å². The maximum atomic E-state index is 11.7. The molecule has 1 aliphatic heterocycles. The van der Waals surface area contributed by atoms with Gasteiger partial charge in [-0.25, -0.2) is 0 Å². The number of aliphatic hydroxyl groups is 3. The van der Waals surface area contributed by atoms with Crippen molar-refractivity contribution in [2.24, 2.45) is 0 Å². The first-order valence-electron chi connectivity index (χ1n) is 11.0. The van der Waals surface area contributed by atoms with Crippen molar-refractivity contribution in [2.45, 2.75) is 56.9 Å². The summed E-state index contributed by atoms with van der Waals surface area (Å²) >= 11 is 0. The number of esters is 1. The maximum Gasteiger partial charge on any atom is 0.305 e. The fourth-order valence-electron chi connectivity index (χ4n) is 3.41. The van der Waals surface area contributed by atoms with E-state index in [2.05, 4.69) is 0 Å². The zero-order chi connectivity index (χ0) is 24.0. The summed E-state index contributed by atoms with van der Waals surface area (Å²) in [6.45, 7) is 1.21. The van der Waals surface area contributed by atoms with Crippen molar-refractivity contribution < 1.29 is 40.4 Å². The molecule has 1 saturated heterocycles. The van der Waals surface area contributed by atoms with E-state index in [0.717, 1.165) is 16.9 Å². The molecule has 2 aromatic rings. The summed E-state index contributed by atoms with van der Waals surface area (Å²) in [5.41, 5.74) is 1.84. The fourth-order valence-corrected chi connectivity index (χ4v) is 3.41. The van der Waals surface area contributed by atoms with Gasteiger partial charge in [0.25, 0.3) is 0 Å². The van der Waals surface area contributed by atoms with E-state index in [9.17, 15) is 20.1 Å². The molecule has 3 N–H and O–H groups in total. The molecule has 0 aromatic heterocycles. The molecule has 174 valence electrons.